The minimum absolute atomic E-state index is 1.20. The van der Waals surface area contributed by atoms with Gasteiger partial charge < -0.3 is 4.57 Å². The molecule has 1 aromatic carbocycles. The Labute approximate surface area is 75.4 Å². The predicted molar refractivity (Wildman–Crippen MR) is 54.1 cm³/mol. The average Bonchev–Trinajstić information content (AvgIpc) is 2.62. The summed E-state index contributed by atoms with van der Waals surface area (Å²) in [5, 5.41) is 2.87. The third-order valence-corrected chi connectivity index (χ3v) is 3.50. The molecule has 61 valence electrons. The number of para-hydroxylation sites is 1. The van der Waals surface area contributed by atoms with E-state index in [9.17, 15) is 0 Å². The molecule has 0 N–H and O–H groups in total. The van der Waals surface area contributed by atoms with Gasteiger partial charge in [0.05, 0.1) is 5.03 Å². The van der Waals surface area contributed by atoms with Crippen molar-refractivity contribution in [3.8, 4) is 0 Å². The van der Waals surface area contributed by atoms with Crippen LogP contribution in [-0.4, -0.2) is 10.3 Å². The van der Waals surface area contributed by atoms with Crippen molar-refractivity contribution in [1.82, 2.24) is 4.57 Å². The van der Waals surface area contributed by atoms with E-state index in [0.717, 1.165) is 0 Å². The zero-order chi connectivity index (χ0) is 7.97. The van der Waals surface area contributed by atoms with Crippen LogP contribution >= 0.6 is 11.8 Å². The molecule has 2 heteroatoms. The Balaban J connectivity index is 2.44. The molecule has 1 aromatic heterocycles. The SMILES string of the molecule is c1ccc2c(c1)cc1n2CC[SH]1. The molecule has 12 heavy (non-hydrogen) atoms. The molecule has 0 saturated heterocycles. The lowest BCUT2D eigenvalue weighted by atomic mass is 10.2. The largest absolute Gasteiger partial charge is 0.336 e. The molecular weight excluding hydrogens is 166 g/mol. The third-order valence-electron chi connectivity index (χ3n) is 2.39. The van der Waals surface area contributed by atoms with Gasteiger partial charge in [0, 0.05) is 23.2 Å². The fourth-order valence-corrected chi connectivity index (χ4v) is 2.96. The zero-order valence-corrected chi connectivity index (χ0v) is 7.59. The first-order valence-corrected chi connectivity index (χ1v) is 5.29. The Hall–Kier alpha value is -0.890. The van der Waals surface area contributed by atoms with Crippen LogP contribution in [0.1, 0.15) is 0 Å². The number of nitrogens with zero attached hydrogens (tertiary/aromatic N) is 1. The predicted octanol–water partition coefficient (Wildman–Crippen LogP) is 2.48. The minimum atomic E-state index is 1.20. The van der Waals surface area contributed by atoms with Crippen LogP contribution in [0.3, 0.4) is 0 Å². The van der Waals surface area contributed by atoms with E-state index >= 15 is 0 Å². The van der Waals surface area contributed by atoms with Crippen molar-refractivity contribution < 1.29 is 0 Å². The summed E-state index contributed by atoms with van der Waals surface area (Å²) < 4.78 is 2.43. The van der Waals surface area contributed by atoms with Crippen molar-refractivity contribution in [2.24, 2.45) is 0 Å². The molecule has 0 fully saturated rings. The Kier molecular flexibility index (Phi) is 1.27. The van der Waals surface area contributed by atoms with E-state index < -0.39 is 0 Å². The minimum Gasteiger partial charge on any atom is -0.336 e. The second kappa shape index (κ2) is 2.30. The van der Waals surface area contributed by atoms with Gasteiger partial charge in [-0.1, -0.05) is 18.2 Å². The van der Waals surface area contributed by atoms with Crippen LogP contribution in [-0.2, 0) is 6.54 Å². The van der Waals surface area contributed by atoms with Gasteiger partial charge in [0.1, 0.15) is 0 Å². The molecule has 1 aliphatic rings. The number of benzene rings is 1. The summed E-state index contributed by atoms with van der Waals surface area (Å²) in [7, 11) is 0. The van der Waals surface area contributed by atoms with Crippen LogP contribution in [0.15, 0.2) is 35.4 Å². The number of rotatable bonds is 0. The Morgan fingerprint density at radius 2 is 2.17 bits per heavy atom. The van der Waals surface area contributed by atoms with Crippen LogP contribution in [0.4, 0.5) is 0 Å². The highest BCUT2D eigenvalue weighted by atomic mass is 32.2. The van der Waals surface area contributed by atoms with E-state index in [1.807, 2.05) is 0 Å². The lowest BCUT2D eigenvalue weighted by Crippen LogP contribution is -1.91. The topological polar surface area (TPSA) is 4.93 Å². The van der Waals surface area contributed by atoms with Crippen LogP contribution in [0.2, 0.25) is 0 Å². The number of hydrogen-bond donors (Lipinski definition) is 1. The van der Waals surface area contributed by atoms with Gasteiger partial charge in [-0.15, -0.1) is 0 Å². The molecular formula is C10H10NS. The van der Waals surface area contributed by atoms with Crippen LogP contribution in [0.25, 0.3) is 10.9 Å². The first-order chi connectivity index (χ1) is 5.95. The standard InChI is InChI=1S/C10H10NS/c1-2-4-9-8(3-1)7-10-11(9)5-6-12-10/h1-4,7,12H,5-6H2. The van der Waals surface area contributed by atoms with E-state index in [1.54, 1.807) is 0 Å². The van der Waals surface area contributed by atoms with Crippen LogP contribution in [0, 0.1) is 0 Å². The van der Waals surface area contributed by atoms with E-state index in [-0.39, 0.29) is 0 Å². The lowest BCUT2D eigenvalue weighted by Gasteiger charge is -1.97. The van der Waals surface area contributed by atoms with Crippen LogP contribution in [0.5, 0.6) is 0 Å². The van der Waals surface area contributed by atoms with E-state index in [0.29, 0.717) is 0 Å². The summed E-state index contributed by atoms with van der Waals surface area (Å²) in [5.41, 5.74) is 1.40. The van der Waals surface area contributed by atoms with Gasteiger partial charge in [-0.3, -0.25) is 0 Å². The quantitative estimate of drug-likeness (QED) is 0.588. The summed E-state index contributed by atoms with van der Waals surface area (Å²) in [5.74, 6) is 1.29. The number of aryl methyl sites for hydroxylation is 1. The smallest absolute Gasteiger partial charge is 0.0637 e. The summed E-state index contributed by atoms with van der Waals surface area (Å²) in [4.78, 5) is 0. The summed E-state index contributed by atoms with van der Waals surface area (Å²) in [6.07, 6.45) is 0. The number of thiol groups is 1. The highest BCUT2D eigenvalue weighted by molar-refractivity contribution is 7.99. The van der Waals surface area contributed by atoms with Gasteiger partial charge >= 0.3 is 0 Å². The van der Waals surface area contributed by atoms with Gasteiger partial charge in [0.25, 0.3) is 0 Å². The molecule has 0 unspecified atom stereocenters. The number of hydrogen-bond acceptors (Lipinski definition) is 0. The van der Waals surface area contributed by atoms with Crippen molar-refractivity contribution in [2.75, 3.05) is 5.75 Å². The van der Waals surface area contributed by atoms with Crippen molar-refractivity contribution in [3.05, 3.63) is 30.3 Å². The maximum atomic E-state index is 2.43. The van der Waals surface area contributed by atoms with Gasteiger partial charge in [-0.05, 0) is 12.1 Å². The van der Waals surface area contributed by atoms with E-state index in [1.165, 1.54) is 40.0 Å². The molecule has 0 aliphatic carbocycles. The highest BCUT2D eigenvalue weighted by Crippen LogP contribution is 2.32. The van der Waals surface area contributed by atoms with Gasteiger partial charge in [0.15, 0.2) is 0 Å². The first-order valence-electron chi connectivity index (χ1n) is 4.21. The fraction of sp³-hybridized carbons (Fsp3) is 0.200. The monoisotopic (exact) mass is 176 g/mol. The summed E-state index contributed by atoms with van der Waals surface area (Å²) >= 11 is 1.49. The Bertz CT molecular complexity index is 430. The van der Waals surface area contributed by atoms with Gasteiger partial charge in [-0.2, -0.15) is 11.8 Å². The van der Waals surface area contributed by atoms with Gasteiger partial charge in [-0.25, -0.2) is 0 Å². The zero-order valence-electron chi connectivity index (χ0n) is 6.70. The molecule has 1 aliphatic heterocycles. The molecule has 2 heterocycles. The lowest BCUT2D eigenvalue weighted by molar-refractivity contribution is 0.769. The molecule has 2 aromatic rings. The van der Waals surface area contributed by atoms with Crippen molar-refractivity contribution in [1.29, 1.82) is 0 Å². The molecule has 1 nitrogen and oxygen atoms in total. The highest BCUT2D eigenvalue weighted by Gasteiger charge is 2.12. The second-order valence-corrected chi connectivity index (χ2v) is 4.32. The fourth-order valence-electron chi connectivity index (χ4n) is 1.83. The Morgan fingerprint density at radius 3 is 3.17 bits per heavy atom. The Morgan fingerprint density at radius 1 is 1.25 bits per heavy atom. The normalized spacial score (nSPS) is 15.3. The number of aromatic nitrogens is 1. The molecule has 0 amide bonds. The second-order valence-electron chi connectivity index (χ2n) is 3.09. The maximum absolute atomic E-state index is 2.43. The van der Waals surface area contributed by atoms with Crippen molar-refractivity contribution in [3.63, 3.8) is 0 Å². The van der Waals surface area contributed by atoms with E-state index in [2.05, 4.69) is 34.9 Å². The van der Waals surface area contributed by atoms with Crippen molar-refractivity contribution in [2.45, 2.75) is 11.6 Å². The van der Waals surface area contributed by atoms with Crippen molar-refractivity contribution >= 4 is 22.7 Å². The molecule has 1 radical (unpaired) electrons. The van der Waals surface area contributed by atoms with Gasteiger partial charge in [0.2, 0.25) is 0 Å². The molecule has 0 spiro atoms. The molecule has 0 atom stereocenters. The molecule has 0 bridgehead atoms. The first kappa shape index (κ1) is 6.61. The number of fused-ring (bicyclic) bond motifs is 3. The average molecular weight is 176 g/mol. The van der Waals surface area contributed by atoms with Crippen LogP contribution < -0.4 is 0 Å². The van der Waals surface area contributed by atoms with E-state index in [4.69, 9.17) is 0 Å². The summed E-state index contributed by atoms with van der Waals surface area (Å²) in [6, 6.07) is 10.9. The maximum Gasteiger partial charge on any atom is 0.0637 e. The molecule has 0 saturated carbocycles. The summed E-state index contributed by atoms with van der Waals surface area (Å²) in [6.45, 7) is 1.20. The molecule has 3 rings (SSSR count). The third kappa shape index (κ3) is 0.758.